The molecule has 1 N–H and O–H groups in total. The van der Waals surface area contributed by atoms with Gasteiger partial charge in [-0.1, -0.05) is 0 Å². The molecule has 12 heavy (non-hydrogen) atoms. The van der Waals surface area contributed by atoms with E-state index in [4.69, 9.17) is 0 Å². The molecule has 1 aromatic heterocycles. The molecule has 0 saturated heterocycles. The molecule has 0 saturated carbocycles. The van der Waals surface area contributed by atoms with Crippen molar-refractivity contribution in [1.29, 1.82) is 0 Å². The minimum atomic E-state index is 0.683. The number of rotatable bonds is 1. The summed E-state index contributed by atoms with van der Waals surface area (Å²) in [6.07, 6.45) is 2.70. The monoisotopic (exact) mass is 223 g/mol. The lowest BCUT2D eigenvalue weighted by Gasteiger charge is -1.95. The molecule has 2 aromatic rings. The molecule has 1 aromatic carbocycles. The second-order valence-electron chi connectivity index (χ2n) is 2.56. The highest BCUT2D eigenvalue weighted by Crippen LogP contribution is 2.22. The number of nitrogens with one attached hydrogen (secondary N) is 1. The summed E-state index contributed by atoms with van der Waals surface area (Å²) in [5.74, 6) is 0. The molecule has 0 unspecified atom stereocenters. The summed E-state index contributed by atoms with van der Waals surface area (Å²) in [5, 5.41) is 1.06. The van der Waals surface area contributed by atoms with Crippen molar-refractivity contribution in [2.75, 3.05) is 0 Å². The summed E-state index contributed by atoms with van der Waals surface area (Å²) in [5.41, 5.74) is 1.72. The van der Waals surface area contributed by atoms with Crippen LogP contribution in [0.3, 0.4) is 0 Å². The van der Waals surface area contributed by atoms with Crippen LogP contribution in [0.25, 0.3) is 10.9 Å². The molecular formula is C9H6BrNO. The molecule has 1 heterocycles. The Morgan fingerprint density at radius 3 is 3.00 bits per heavy atom. The maximum absolute atomic E-state index is 10.6. The van der Waals surface area contributed by atoms with Crippen LogP contribution in [-0.2, 0) is 0 Å². The summed E-state index contributed by atoms with van der Waals surface area (Å²) in [6.45, 7) is 0. The Balaban J connectivity index is 2.81. The van der Waals surface area contributed by atoms with Gasteiger partial charge in [0.1, 0.15) is 0 Å². The third-order valence-electron chi connectivity index (χ3n) is 1.80. The number of aromatic amines is 1. The fourth-order valence-electron chi connectivity index (χ4n) is 1.18. The van der Waals surface area contributed by atoms with E-state index in [1.54, 1.807) is 0 Å². The number of carbonyl (C=O) groups excluding carboxylic acids is 1. The fraction of sp³-hybridized carbons (Fsp3) is 0. The Morgan fingerprint density at radius 2 is 2.25 bits per heavy atom. The van der Waals surface area contributed by atoms with Gasteiger partial charge in [-0.2, -0.15) is 0 Å². The van der Waals surface area contributed by atoms with Crippen LogP contribution in [0.2, 0.25) is 0 Å². The van der Waals surface area contributed by atoms with E-state index in [1.165, 1.54) is 0 Å². The first-order chi connectivity index (χ1) is 5.81. The number of carbonyl (C=O) groups is 1. The normalized spacial score (nSPS) is 10.4. The van der Waals surface area contributed by atoms with Crippen molar-refractivity contribution in [3.05, 3.63) is 34.4 Å². The van der Waals surface area contributed by atoms with E-state index in [0.717, 1.165) is 21.7 Å². The van der Waals surface area contributed by atoms with E-state index in [-0.39, 0.29) is 0 Å². The van der Waals surface area contributed by atoms with Crippen molar-refractivity contribution in [3.8, 4) is 0 Å². The zero-order valence-electron chi connectivity index (χ0n) is 6.17. The van der Waals surface area contributed by atoms with E-state index >= 15 is 0 Å². The van der Waals surface area contributed by atoms with Crippen LogP contribution in [-0.4, -0.2) is 11.3 Å². The maximum atomic E-state index is 10.6. The molecule has 60 valence electrons. The molecule has 0 fully saturated rings. The summed E-state index contributed by atoms with van der Waals surface area (Å²) in [4.78, 5) is 13.6. The Morgan fingerprint density at radius 1 is 1.42 bits per heavy atom. The molecule has 0 aliphatic heterocycles. The number of fused-ring (bicyclic) bond motifs is 1. The minimum Gasteiger partial charge on any atom is -0.361 e. The number of halogens is 1. The summed E-state index contributed by atoms with van der Waals surface area (Å²) >= 11 is 3.31. The van der Waals surface area contributed by atoms with Crippen molar-refractivity contribution in [2.24, 2.45) is 0 Å². The first kappa shape index (κ1) is 7.55. The molecule has 0 bridgehead atoms. The second kappa shape index (κ2) is 2.75. The van der Waals surface area contributed by atoms with Gasteiger partial charge in [0.15, 0.2) is 6.29 Å². The SMILES string of the molecule is O=Cc1cc2cc[nH]c2cc1Br. The molecule has 0 aliphatic rings. The number of benzene rings is 1. The zero-order valence-corrected chi connectivity index (χ0v) is 7.76. The predicted octanol–water partition coefficient (Wildman–Crippen LogP) is 2.74. The van der Waals surface area contributed by atoms with Crippen LogP contribution in [0.4, 0.5) is 0 Å². The van der Waals surface area contributed by atoms with Crippen molar-refractivity contribution in [2.45, 2.75) is 0 Å². The number of aldehydes is 1. The van der Waals surface area contributed by atoms with Crippen molar-refractivity contribution < 1.29 is 4.79 Å². The highest BCUT2D eigenvalue weighted by Gasteiger charge is 2.01. The number of hydrogen-bond donors (Lipinski definition) is 1. The Labute approximate surface area is 77.7 Å². The van der Waals surface area contributed by atoms with Crippen LogP contribution >= 0.6 is 15.9 Å². The third-order valence-corrected chi connectivity index (χ3v) is 2.48. The number of aromatic nitrogens is 1. The Bertz CT molecular complexity index is 433. The van der Waals surface area contributed by atoms with Crippen LogP contribution in [0.15, 0.2) is 28.9 Å². The van der Waals surface area contributed by atoms with Gasteiger partial charge in [-0.3, -0.25) is 4.79 Å². The van der Waals surface area contributed by atoms with Crippen molar-refractivity contribution >= 4 is 33.1 Å². The molecule has 0 spiro atoms. The highest BCUT2D eigenvalue weighted by molar-refractivity contribution is 9.10. The van der Waals surface area contributed by atoms with Crippen LogP contribution in [0, 0.1) is 0 Å². The molecule has 2 nitrogen and oxygen atoms in total. The number of H-pyrrole nitrogens is 1. The van der Waals surface area contributed by atoms with Gasteiger partial charge >= 0.3 is 0 Å². The Hall–Kier alpha value is -1.09. The standard InChI is InChI=1S/C9H6BrNO/c10-8-4-9-6(1-2-11-9)3-7(8)5-12/h1-5,11H. The van der Waals surface area contributed by atoms with Gasteiger partial charge in [0.2, 0.25) is 0 Å². The van der Waals surface area contributed by atoms with Crippen LogP contribution in [0.1, 0.15) is 10.4 Å². The van der Waals surface area contributed by atoms with Gasteiger partial charge in [-0.25, -0.2) is 0 Å². The van der Waals surface area contributed by atoms with Crippen LogP contribution < -0.4 is 0 Å². The zero-order chi connectivity index (χ0) is 8.55. The minimum absolute atomic E-state index is 0.683. The summed E-state index contributed by atoms with van der Waals surface area (Å²) in [7, 11) is 0. The van der Waals surface area contributed by atoms with E-state index in [0.29, 0.717) is 5.56 Å². The van der Waals surface area contributed by atoms with Gasteiger partial charge in [-0.15, -0.1) is 0 Å². The van der Waals surface area contributed by atoms with Gasteiger partial charge < -0.3 is 4.98 Å². The first-order valence-electron chi connectivity index (χ1n) is 3.53. The molecule has 0 aliphatic carbocycles. The average Bonchev–Trinajstić information content (AvgIpc) is 2.49. The van der Waals surface area contributed by atoms with E-state index in [1.807, 2.05) is 24.4 Å². The molecule has 2 rings (SSSR count). The van der Waals surface area contributed by atoms with Crippen molar-refractivity contribution in [1.82, 2.24) is 4.98 Å². The van der Waals surface area contributed by atoms with Gasteiger partial charge in [0.05, 0.1) is 0 Å². The molecular weight excluding hydrogens is 218 g/mol. The van der Waals surface area contributed by atoms with E-state index in [2.05, 4.69) is 20.9 Å². The molecule has 0 amide bonds. The van der Waals surface area contributed by atoms with E-state index in [9.17, 15) is 4.79 Å². The topological polar surface area (TPSA) is 32.9 Å². The Kier molecular flexibility index (Phi) is 1.73. The lowest BCUT2D eigenvalue weighted by molar-refractivity contribution is 0.112. The van der Waals surface area contributed by atoms with Crippen LogP contribution in [0.5, 0.6) is 0 Å². The quantitative estimate of drug-likeness (QED) is 0.742. The fourth-order valence-corrected chi connectivity index (χ4v) is 1.62. The third kappa shape index (κ3) is 1.06. The van der Waals surface area contributed by atoms with Crippen molar-refractivity contribution in [3.63, 3.8) is 0 Å². The van der Waals surface area contributed by atoms with Gasteiger partial charge in [-0.05, 0) is 34.1 Å². The second-order valence-corrected chi connectivity index (χ2v) is 3.41. The van der Waals surface area contributed by atoms with Gasteiger partial charge in [0.25, 0.3) is 0 Å². The summed E-state index contributed by atoms with van der Waals surface area (Å²) in [6, 6.07) is 5.69. The molecule has 0 radical (unpaired) electrons. The highest BCUT2D eigenvalue weighted by atomic mass is 79.9. The first-order valence-corrected chi connectivity index (χ1v) is 4.32. The lowest BCUT2D eigenvalue weighted by Crippen LogP contribution is -1.81. The predicted molar refractivity (Wildman–Crippen MR) is 51.4 cm³/mol. The largest absolute Gasteiger partial charge is 0.361 e. The average molecular weight is 224 g/mol. The lowest BCUT2D eigenvalue weighted by atomic mass is 10.2. The molecule has 3 heteroatoms. The smallest absolute Gasteiger partial charge is 0.151 e. The maximum Gasteiger partial charge on any atom is 0.151 e. The van der Waals surface area contributed by atoms with E-state index < -0.39 is 0 Å². The summed E-state index contributed by atoms with van der Waals surface area (Å²) < 4.78 is 0.826. The molecule has 0 atom stereocenters. The number of hydrogen-bond acceptors (Lipinski definition) is 1. The van der Waals surface area contributed by atoms with Gasteiger partial charge in [0, 0.05) is 27.1 Å².